The summed E-state index contributed by atoms with van der Waals surface area (Å²) >= 11 is 0. The number of carbonyl (C=O) groups excluding carboxylic acids is 2. The molecule has 0 aliphatic carbocycles. The Morgan fingerprint density at radius 2 is 0.836 bits per heavy atom. The lowest BCUT2D eigenvalue weighted by molar-refractivity contribution is -0.870. The molecule has 3 unspecified atom stereocenters. The number of phosphoric acid groups is 1. The summed E-state index contributed by atoms with van der Waals surface area (Å²) in [5, 5.41) is 3.06. The van der Waals surface area contributed by atoms with Crippen LogP contribution in [0.5, 0.6) is 0 Å². The summed E-state index contributed by atoms with van der Waals surface area (Å²) < 4.78 is 30.7. The number of quaternary nitrogens is 1. The Morgan fingerprint density at radius 3 is 1.29 bits per heavy atom. The van der Waals surface area contributed by atoms with Crippen LogP contribution in [0.25, 0.3) is 0 Å². The first-order valence-corrected chi connectivity index (χ1v) is 32.5. The predicted molar refractivity (Wildman–Crippen MR) is 314 cm³/mol. The molecule has 1 amide bonds. The van der Waals surface area contributed by atoms with Crippen molar-refractivity contribution in [1.82, 2.24) is 5.32 Å². The smallest absolute Gasteiger partial charge is 0.456 e. The van der Waals surface area contributed by atoms with Crippen molar-refractivity contribution in [2.24, 2.45) is 0 Å². The zero-order valence-electron chi connectivity index (χ0n) is 48.9. The van der Waals surface area contributed by atoms with Crippen molar-refractivity contribution >= 4 is 19.7 Å². The van der Waals surface area contributed by atoms with Crippen molar-refractivity contribution in [1.29, 1.82) is 0 Å². The molecular weight excluding hydrogens is 928 g/mol. The minimum Gasteiger partial charge on any atom is -0.456 e. The number of phosphoric ester groups is 1. The summed E-state index contributed by atoms with van der Waals surface area (Å²) in [5.41, 5.74) is 0. The molecule has 9 nitrogen and oxygen atoms in total. The van der Waals surface area contributed by atoms with E-state index in [1.54, 1.807) is 0 Å². The van der Waals surface area contributed by atoms with Crippen LogP contribution in [-0.4, -0.2) is 74.3 Å². The number of ether oxygens (including phenoxy) is 1. The van der Waals surface area contributed by atoms with Gasteiger partial charge in [-0.1, -0.05) is 237 Å². The number of nitrogens with zero attached hydrogens (tertiary/aromatic N) is 1. The second-order valence-electron chi connectivity index (χ2n) is 22.2. The molecule has 73 heavy (non-hydrogen) atoms. The van der Waals surface area contributed by atoms with E-state index in [1.165, 1.54) is 186 Å². The zero-order chi connectivity index (χ0) is 53.6. The highest BCUT2D eigenvalue weighted by Gasteiger charge is 2.30. The maximum absolute atomic E-state index is 13.5. The number of nitrogens with one attached hydrogen (secondary N) is 1. The first-order valence-electron chi connectivity index (χ1n) is 31.0. The zero-order valence-corrected chi connectivity index (χ0v) is 49.8. The second kappa shape index (κ2) is 53.4. The van der Waals surface area contributed by atoms with E-state index in [1.807, 2.05) is 33.3 Å². The fourth-order valence-electron chi connectivity index (χ4n) is 8.91. The third kappa shape index (κ3) is 54.6. The SMILES string of the molecule is CCCCC/C=C\C/C=C\CCCCCCCCCCCCCC(=O)NC(COP(=O)(O)OCC[N+](C)(C)C)C(/C=C\CCCCCCCCCCC)OC(=O)CCCCCCCCC/C=C\CCCCCC. The van der Waals surface area contributed by atoms with Gasteiger partial charge in [0.1, 0.15) is 19.3 Å². The highest BCUT2D eigenvalue weighted by atomic mass is 31.2. The molecule has 3 atom stereocenters. The van der Waals surface area contributed by atoms with Crippen LogP contribution >= 0.6 is 7.82 Å². The molecule has 0 spiro atoms. The van der Waals surface area contributed by atoms with Crippen LogP contribution in [0.1, 0.15) is 290 Å². The van der Waals surface area contributed by atoms with Gasteiger partial charge < -0.3 is 19.4 Å². The normalized spacial score (nSPS) is 14.0. The van der Waals surface area contributed by atoms with Gasteiger partial charge in [-0.25, -0.2) is 4.57 Å². The van der Waals surface area contributed by atoms with Crippen molar-refractivity contribution in [3.63, 3.8) is 0 Å². The summed E-state index contributed by atoms with van der Waals surface area (Å²) in [6.07, 6.45) is 65.3. The molecule has 0 bridgehead atoms. The van der Waals surface area contributed by atoms with Gasteiger partial charge in [0, 0.05) is 12.8 Å². The monoisotopic (exact) mass is 1050 g/mol. The van der Waals surface area contributed by atoms with Gasteiger partial charge in [0.25, 0.3) is 0 Å². The Morgan fingerprint density at radius 1 is 0.479 bits per heavy atom. The molecule has 10 heteroatoms. The van der Waals surface area contributed by atoms with Gasteiger partial charge in [-0.15, -0.1) is 0 Å². The van der Waals surface area contributed by atoms with Crippen LogP contribution in [-0.2, 0) is 27.9 Å². The quantitative estimate of drug-likeness (QED) is 0.0205. The van der Waals surface area contributed by atoms with Crippen molar-refractivity contribution in [2.45, 2.75) is 303 Å². The molecule has 0 heterocycles. The van der Waals surface area contributed by atoms with Gasteiger partial charge in [0.05, 0.1) is 33.8 Å². The van der Waals surface area contributed by atoms with Gasteiger partial charge in [0.2, 0.25) is 5.91 Å². The largest absolute Gasteiger partial charge is 0.472 e. The summed E-state index contributed by atoms with van der Waals surface area (Å²) in [5.74, 6) is -0.506. The molecule has 0 aliphatic heterocycles. The molecule has 0 aromatic heterocycles. The molecular formula is C63H120N2O7P+. The Kier molecular flexibility index (Phi) is 51.9. The number of unbranched alkanes of at least 4 members (excludes halogenated alkanes) is 34. The fourth-order valence-corrected chi connectivity index (χ4v) is 9.64. The molecule has 0 fully saturated rings. The van der Waals surface area contributed by atoms with E-state index in [9.17, 15) is 19.0 Å². The molecule has 0 saturated heterocycles. The number of amides is 1. The Labute approximate surface area is 452 Å². The average Bonchev–Trinajstić information content (AvgIpc) is 3.35. The predicted octanol–water partition coefficient (Wildman–Crippen LogP) is 18.9. The molecule has 0 saturated carbocycles. The first kappa shape index (κ1) is 71.0. The van der Waals surface area contributed by atoms with Crippen molar-refractivity contribution in [2.75, 3.05) is 40.9 Å². The Hall–Kier alpha value is -2.03. The third-order valence-corrected chi connectivity index (χ3v) is 14.7. The van der Waals surface area contributed by atoms with Crippen LogP contribution in [0.3, 0.4) is 0 Å². The van der Waals surface area contributed by atoms with Gasteiger partial charge in [0.15, 0.2) is 0 Å². The standard InChI is InChI=1S/C63H119N2O7P/c1-7-10-13-16-19-22-25-27-29-30-31-32-33-34-36-37-40-43-46-49-52-55-62(66)64-60(59-71-73(68,69)70-58-57-65(4,5)6)61(54-51-48-45-42-39-24-21-18-15-12-9-3)72-63(67)56-53-50-47-44-41-38-35-28-26-23-20-17-14-11-8-2/h19,22-23,26-27,29,51,54,60-61H,7-18,20-21,24-25,28,30-50,52-53,55-59H2,1-6H3,(H-,64,66,68,69)/p+1/b22-19-,26-23-,29-27-,54-51-. The number of likely N-dealkylation sites (N-methyl/N-ethyl adjacent to an activating group) is 1. The van der Waals surface area contributed by atoms with Crippen LogP contribution in [0, 0.1) is 0 Å². The lowest BCUT2D eigenvalue weighted by Gasteiger charge is -2.27. The van der Waals surface area contributed by atoms with Gasteiger partial charge >= 0.3 is 13.8 Å². The van der Waals surface area contributed by atoms with Crippen LogP contribution < -0.4 is 5.32 Å². The number of hydrogen-bond donors (Lipinski definition) is 2. The molecule has 0 rings (SSSR count). The van der Waals surface area contributed by atoms with Crippen LogP contribution in [0.2, 0.25) is 0 Å². The van der Waals surface area contributed by atoms with Crippen molar-refractivity contribution < 1.29 is 37.3 Å². The van der Waals surface area contributed by atoms with E-state index in [-0.39, 0.29) is 31.5 Å². The maximum atomic E-state index is 13.5. The molecule has 0 radical (unpaired) electrons. The topological polar surface area (TPSA) is 111 Å². The minimum absolute atomic E-state index is 0.0396. The second-order valence-corrected chi connectivity index (χ2v) is 23.7. The summed E-state index contributed by atoms with van der Waals surface area (Å²) in [4.78, 5) is 37.7. The molecule has 2 N–H and O–H groups in total. The number of hydrogen-bond acceptors (Lipinski definition) is 6. The Balaban J connectivity index is 5.18. The van der Waals surface area contributed by atoms with Gasteiger partial charge in [-0.3, -0.25) is 18.6 Å². The molecule has 0 aromatic carbocycles. The van der Waals surface area contributed by atoms with E-state index in [0.717, 1.165) is 70.6 Å². The highest BCUT2D eigenvalue weighted by Crippen LogP contribution is 2.43. The minimum atomic E-state index is -4.45. The van der Waals surface area contributed by atoms with Gasteiger partial charge in [-0.05, 0) is 89.5 Å². The lowest BCUT2D eigenvalue weighted by Crippen LogP contribution is -2.47. The molecule has 0 aliphatic rings. The fraction of sp³-hybridized carbons (Fsp3) is 0.841. The van der Waals surface area contributed by atoms with Crippen LogP contribution in [0.4, 0.5) is 0 Å². The van der Waals surface area contributed by atoms with Crippen LogP contribution in [0.15, 0.2) is 48.6 Å². The van der Waals surface area contributed by atoms with Gasteiger partial charge in [-0.2, -0.15) is 0 Å². The van der Waals surface area contributed by atoms with E-state index < -0.39 is 20.0 Å². The number of rotatable bonds is 56. The Bertz CT molecular complexity index is 1390. The van der Waals surface area contributed by atoms with E-state index in [4.69, 9.17) is 13.8 Å². The van der Waals surface area contributed by atoms with Crippen molar-refractivity contribution in [3.8, 4) is 0 Å². The number of carbonyl (C=O) groups is 2. The van der Waals surface area contributed by atoms with Crippen molar-refractivity contribution in [3.05, 3.63) is 48.6 Å². The molecule has 428 valence electrons. The summed E-state index contributed by atoms with van der Waals surface area (Å²) in [6, 6.07) is -0.849. The summed E-state index contributed by atoms with van der Waals surface area (Å²) in [6.45, 7) is 6.99. The van der Waals surface area contributed by atoms with E-state index in [0.29, 0.717) is 17.4 Å². The van der Waals surface area contributed by atoms with E-state index in [2.05, 4.69) is 62.5 Å². The highest BCUT2D eigenvalue weighted by molar-refractivity contribution is 7.47. The van der Waals surface area contributed by atoms with E-state index >= 15 is 0 Å². The maximum Gasteiger partial charge on any atom is 0.472 e. The average molecular weight is 1050 g/mol. The first-order chi connectivity index (χ1) is 35.4. The third-order valence-electron chi connectivity index (χ3n) is 13.7. The molecule has 0 aromatic rings. The number of allylic oxidation sites excluding steroid dienone is 7. The summed E-state index contributed by atoms with van der Waals surface area (Å²) in [7, 11) is 1.50. The number of esters is 1. The lowest BCUT2D eigenvalue weighted by atomic mass is 10.0.